The van der Waals surface area contributed by atoms with Gasteiger partial charge < -0.3 is 4.74 Å². The topological polar surface area (TPSA) is 9.23 Å². The van der Waals surface area contributed by atoms with Gasteiger partial charge in [-0.15, -0.1) is 0 Å². The summed E-state index contributed by atoms with van der Waals surface area (Å²) in [5.41, 5.74) is 0.320. The average Bonchev–Trinajstić information content (AvgIpc) is 2.38. The van der Waals surface area contributed by atoms with Crippen molar-refractivity contribution in [3.05, 3.63) is 29.3 Å². The molecule has 0 aromatic heterocycles. The number of hydrogen-bond donors (Lipinski definition) is 0. The lowest BCUT2D eigenvalue weighted by Gasteiger charge is -2.35. The van der Waals surface area contributed by atoms with Gasteiger partial charge in [-0.1, -0.05) is 52.9 Å². The van der Waals surface area contributed by atoms with Gasteiger partial charge in [-0.2, -0.15) is 0 Å². The Morgan fingerprint density at radius 2 is 2.00 bits per heavy atom. The van der Waals surface area contributed by atoms with Crippen molar-refractivity contribution in [3.63, 3.8) is 0 Å². The van der Waals surface area contributed by atoms with Crippen LogP contribution < -0.4 is 4.74 Å². The first-order valence-corrected chi connectivity index (χ1v) is 7.68. The highest BCUT2D eigenvalue weighted by Crippen LogP contribution is 2.38. The van der Waals surface area contributed by atoms with E-state index in [0.29, 0.717) is 5.41 Å². The lowest BCUT2D eigenvalue weighted by atomic mass is 9.76. The molecule has 0 atom stereocenters. The van der Waals surface area contributed by atoms with Crippen molar-refractivity contribution in [1.29, 1.82) is 0 Å². The van der Waals surface area contributed by atoms with Crippen LogP contribution in [0, 0.1) is 5.41 Å². The van der Waals surface area contributed by atoms with Gasteiger partial charge in [-0.05, 0) is 31.0 Å². The quantitative estimate of drug-likeness (QED) is 0.705. The molecule has 0 saturated heterocycles. The van der Waals surface area contributed by atoms with E-state index in [-0.39, 0.29) is 0 Å². The molecular formula is C14H18BrClO. The van der Waals surface area contributed by atoms with Gasteiger partial charge in [-0.3, -0.25) is 0 Å². The van der Waals surface area contributed by atoms with Gasteiger partial charge in [0.25, 0.3) is 0 Å². The summed E-state index contributed by atoms with van der Waals surface area (Å²) in [5.74, 6) is 0.878. The van der Waals surface area contributed by atoms with Crippen LogP contribution in [-0.2, 0) is 0 Å². The van der Waals surface area contributed by atoms with E-state index < -0.39 is 0 Å². The minimum Gasteiger partial charge on any atom is -0.493 e. The Hall–Kier alpha value is -0.210. The maximum Gasteiger partial charge on any atom is 0.120 e. The van der Waals surface area contributed by atoms with Crippen molar-refractivity contribution in [2.75, 3.05) is 11.9 Å². The molecule has 1 saturated carbocycles. The molecule has 0 aliphatic heterocycles. The Morgan fingerprint density at radius 3 is 2.65 bits per heavy atom. The summed E-state index contributed by atoms with van der Waals surface area (Å²) < 4.78 is 5.91. The lowest BCUT2D eigenvalue weighted by molar-refractivity contribution is 0.122. The number of ether oxygens (including phenoxy) is 1. The molecule has 0 bridgehead atoms. The summed E-state index contributed by atoms with van der Waals surface area (Å²) in [7, 11) is 0. The Balaban J connectivity index is 1.95. The smallest absolute Gasteiger partial charge is 0.120 e. The molecular weight excluding hydrogens is 300 g/mol. The van der Waals surface area contributed by atoms with Gasteiger partial charge in [-0.25, -0.2) is 0 Å². The molecule has 17 heavy (non-hydrogen) atoms. The van der Waals surface area contributed by atoms with E-state index in [4.69, 9.17) is 16.3 Å². The lowest BCUT2D eigenvalue weighted by Crippen LogP contribution is -2.32. The Labute approximate surface area is 117 Å². The maximum absolute atomic E-state index is 5.95. The normalized spacial score (nSPS) is 18.9. The zero-order valence-corrected chi connectivity index (χ0v) is 12.3. The Morgan fingerprint density at radius 1 is 1.24 bits per heavy atom. The predicted molar refractivity (Wildman–Crippen MR) is 76.3 cm³/mol. The molecule has 2 rings (SSSR count). The van der Waals surface area contributed by atoms with E-state index in [2.05, 4.69) is 15.9 Å². The largest absolute Gasteiger partial charge is 0.493 e. The van der Waals surface area contributed by atoms with Crippen molar-refractivity contribution in [1.82, 2.24) is 0 Å². The second kappa shape index (κ2) is 6.10. The molecule has 1 aliphatic carbocycles. The SMILES string of the molecule is Clc1cccc(OCC2(CBr)CCCCC2)c1. The minimum atomic E-state index is 0.320. The first-order chi connectivity index (χ1) is 8.24. The zero-order valence-electron chi connectivity index (χ0n) is 9.92. The highest BCUT2D eigenvalue weighted by atomic mass is 79.9. The van der Waals surface area contributed by atoms with Crippen molar-refractivity contribution in [2.45, 2.75) is 32.1 Å². The highest BCUT2D eigenvalue weighted by Gasteiger charge is 2.31. The molecule has 0 spiro atoms. The molecule has 1 nitrogen and oxygen atoms in total. The van der Waals surface area contributed by atoms with Crippen molar-refractivity contribution < 1.29 is 4.74 Å². The summed E-state index contributed by atoms with van der Waals surface area (Å²) in [4.78, 5) is 0. The van der Waals surface area contributed by atoms with Crippen LogP contribution in [0.4, 0.5) is 0 Å². The number of benzene rings is 1. The van der Waals surface area contributed by atoms with Crippen LogP contribution in [0.5, 0.6) is 5.75 Å². The second-order valence-electron chi connectivity index (χ2n) is 4.94. The summed E-state index contributed by atoms with van der Waals surface area (Å²) >= 11 is 9.60. The van der Waals surface area contributed by atoms with Gasteiger partial charge in [0, 0.05) is 15.8 Å². The van der Waals surface area contributed by atoms with Crippen LogP contribution >= 0.6 is 27.5 Å². The Kier molecular flexibility index (Phi) is 4.75. The third-order valence-electron chi connectivity index (χ3n) is 3.54. The monoisotopic (exact) mass is 316 g/mol. The summed E-state index contributed by atoms with van der Waals surface area (Å²) in [6, 6.07) is 7.65. The van der Waals surface area contributed by atoms with Gasteiger partial charge in [0.2, 0.25) is 0 Å². The molecule has 0 amide bonds. The summed E-state index contributed by atoms with van der Waals surface area (Å²) in [6.07, 6.45) is 6.54. The van der Waals surface area contributed by atoms with Gasteiger partial charge in [0.05, 0.1) is 6.61 Å². The maximum atomic E-state index is 5.95. The van der Waals surface area contributed by atoms with Crippen LogP contribution in [0.25, 0.3) is 0 Å². The zero-order chi connectivity index (χ0) is 12.1. The van der Waals surface area contributed by atoms with Crippen molar-refractivity contribution in [2.24, 2.45) is 5.41 Å². The number of alkyl halides is 1. The summed E-state index contributed by atoms with van der Waals surface area (Å²) in [5, 5.41) is 1.76. The highest BCUT2D eigenvalue weighted by molar-refractivity contribution is 9.09. The van der Waals surface area contributed by atoms with E-state index >= 15 is 0 Å². The third kappa shape index (κ3) is 3.62. The summed E-state index contributed by atoms with van der Waals surface area (Å²) in [6.45, 7) is 0.790. The van der Waals surface area contributed by atoms with E-state index in [0.717, 1.165) is 22.7 Å². The van der Waals surface area contributed by atoms with Gasteiger partial charge in [0.15, 0.2) is 0 Å². The fourth-order valence-corrected chi connectivity index (χ4v) is 3.31. The predicted octanol–water partition coefficient (Wildman–Crippen LogP) is 5.06. The van der Waals surface area contributed by atoms with Gasteiger partial charge in [0.1, 0.15) is 5.75 Å². The molecule has 94 valence electrons. The fourth-order valence-electron chi connectivity index (χ4n) is 2.41. The molecule has 1 aromatic carbocycles. The molecule has 3 heteroatoms. The standard InChI is InChI=1S/C14H18BrClO/c15-10-14(7-2-1-3-8-14)11-17-13-6-4-5-12(16)9-13/h4-6,9H,1-3,7-8,10-11H2. The van der Waals surface area contributed by atoms with Crippen LogP contribution in [0.1, 0.15) is 32.1 Å². The van der Waals surface area contributed by atoms with Crippen LogP contribution in [0.15, 0.2) is 24.3 Å². The minimum absolute atomic E-state index is 0.320. The van der Waals surface area contributed by atoms with E-state index in [1.807, 2.05) is 24.3 Å². The van der Waals surface area contributed by atoms with Crippen molar-refractivity contribution in [3.8, 4) is 5.75 Å². The molecule has 0 unspecified atom stereocenters. The number of halogens is 2. The number of rotatable bonds is 4. The number of hydrogen-bond acceptors (Lipinski definition) is 1. The average molecular weight is 318 g/mol. The third-order valence-corrected chi connectivity index (χ3v) is 4.96. The second-order valence-corrected chi connectivity index (χ2v) is 5.94. The molecule has 0 heterocycles. The first kappa shape index (κ1) is 13.2. The fraction of sp³-hybridized carbons (Fsp3) is 0.571. The van der Waals surface area contributed by atoms with E-state index in [1.165, 1.54) is 32.1 Å². The van der Waals surface area contributed by atoms with Crippen LogP contribution in [0.3, 0.4) is 0 Å². The molecule has 1 fully saturated rings. The first-order valence-electron chi connectivity index (χ1n) is 6.18. The van der Waals surface area contributed by atoms with E-state index in [9.17, 15) is 0 Å². The van der Waals surface area contributed by atoms with Crippen LogP contribution in [-0.4, -0.2) is 11.9 Å². The molecule has 0 radical (unpaired) electrons. The van der Waals surface area contributed by atoms with Gasteiger partial charge >= 0.3 is 0 Å². The van der Waals surface area contributed by atoms with E-state index in [1.54, 1.807) is 0 Å². The molecule has 1 aromatic rings. The van der Waals surface area contributed by atoms with Crippen LogP contribution in [0.2, 0.25) is 5.02 Å². The van der Waals surface area contributed by atoms with Crippen molar-refractivity contribution >= 4 is 27.5 Å². The Bertz CT molecular complexity index is 361. The molecule has 1 aliphatic rings. The molecule has 0 N–H and O–H groups in total.